The Hall–Kier alpha value is -1.59. The third kappa shape index (κ3) is 3.95. The first-order chi connectivity index (χ1) is 10.0. The Morgan fingerprint density at radius 1 is 1.33 bits per heavy atom. The van der Waals surface area contributed by atoms with Gasteiger partial charge in [0, 0.05) is 5.56 Å². The molecule has 1 aromatic rings. The molecular formula is C16H22O5. The molecule has 1 heterocycles. The van der Waals surface area contributed by atoms with Crippen molar-refractivity contribution in [2.45, 2.75) is 39.6 Å². The second-order valence-corrected chi connectivity index (χ2v) is 5.42. The SMILES string of the molecule is COc1cc(C2OCCC(C)O2)ccc1OC(=O)C(C)C. The van der Waals surface area contributed by atoms with Crippen molar-refractivity contribution in [3.05, 3.63) is 23.8 Å². The Balaban J connectivity index is 2.17. The predicted octanol–water partition coefficient (Wildman–Crippen LogP) is 3.08. The molecule has 0 bridgehead atoms. The van der Waals surface area contributed by atoms with E-state index in [4.69, 9.17) is 18.9 Å². The molecule has 1 aliphatic heterocycles. The van der Waals surface area contributed by atoms with Gasteiger partial charge in [0.15, 0.2) is 17.8 Å². The van der Waals surface area contributed by atoms with Crippen molar-refractivity contribution >= 4 is 5.97 Å². The zero-order valence-electron chi connectivity index (χ0n) is 12.9. The number of carbonyl (C=O) groups is 1. The fraction of sp³-hybridized carbons (Fsp3) is 0.562. The Morgan fingerprint density at radius 2 is 2.10 bits per heavy atom. The smallest absolute Gasteiger partial charge is 0.313 e. The molecule has 0 radical (unpaired) electrons. The molecule has 0 N–H and O–H groups in total. The first-order valence-corrected chi connectivity index (χ1v) is 7.18. The molecule has 2 unspecified atom stereocenters. The minimum absolute atomic E-state index is 0.160. The Labute approximate surface area is 125 Å². The molecule has 2 rings (SSSR count). The van der Waals surface area contributed by atoms with Crippen molar-refractivity contribution < 1.29 is 23.7 Å². The van der Waals surface area contributed by atoms with Crippen molar-refractivity contribution in [2.75, 3.05) is 13.7 Å². The summed E-state index contributed by atoms with van der Waals surface area (Å²) in [6.45, 7) is 6.26. The lowest BCUT2D eigenvalue weighted by Gasteiger charge is -2.28. The molecule has 0 amide bonds. The van der Waals surface area contributed by atoms with Crippen molar-refractivity contribution in [3.63, 3.8) is 0 Å². The average molecular weight is 294 g/mol. The third-order valence-corrected chi connectivity index (χ3v) is 3.29. The summed E-state index contributed by atoms with van der Waals surface area (Å²) in [6, 6.07) is 5.32. The van der Waals surface area contributed by atoms with E-state index in [1.807, 2.05) is 13.0 Å². The Kier molecular flexibility index (Phi) is 5.20. The molecule has 0 saturated carbocycles. The van der Waals surface area contributed by atoms with Crippen LogP contribution in [0.1, 0.15) is 39.0 Å². The molecule has 2 atom stereocenters. The standard InChI is InChI=1S/C16H22O5/c1-10(2)15(17)21-13-6-5-12(9-14(13)18-4)16-19-8-7-11(3)20-16/h5-6,9-11,16H,7-8H2,1-4H3. The van der Waals surface area contributed by atoms with Gasteiger partial charge in [0.1, 0.15) is 0 Å². The minimum Gasteiger partial charge on any atom is -0.493 e. The van der Waals surface area contributed by atoms with E-state index in [0.29, 0.717) is 18.1 Å². The molecule has 0 aliphatic carbocycles. The maximum absolute atomic E-state index is 11.7. The topological polar surface area (TPSA) is 54.0 Å². The van der Waals surface area contributed by atoms with Gasteiger partial charge in [0.2, 0.25) is 0 Å². The quantitative estimate of drug-likeness (QED) is 0.631. The van der Waals surface area contributed by atoms with Crippen LogP contribution < -0.4 is 9.47 Å². The van der Waals surface area contributed by atoms with Crippen LogP contribution in [0.3, 0.4) is 0 Å². The summed E-state index contributed by atoms with van der Waals surface area (Å²) >= 11 is 0. The number of benzene rings is 1. The Bertz CT molecular complexity index is 497. The molecule has 21 heavy (non-hydrogen) atoms. The highest BCUT2D eigenvalue weighted by atomic mass is 16.7. The lowest BCUT2D eigenvalue weighted by Crippen LogP contribution is -2.24. The van der Waals surface area contributed by atoms with Crippen LogP contribution in [0.2, 0.25) is 0 Å². The van der Waals surface area contributed by atoms with Gasteiger partial charge in [-0.1, -0.05) is 13.8 Å². The van der Waals surface area contributed by atoms with E-state index >= 15 is 0 Å². The minimum atomic E-state index is -0.405. The highest BCUT2D eigenvalue weighted by molar-refractivity contribution is 5.75. The van der Waals surface area contributed by atoms with Gasteiger partial charge in [0.25, 0.3) is 0 Å². The lowest BCUT2D eigenvalue weighted by molar-refractivity contribution is -0.212. The largest absolute Gasteiger partial charge is 0.493 e. The van der Waals surface area contributed by atoms with Crippen LogP contribution in [0, 0.1) is 5.92 Å². The normalized spacial score (nSPS) is 22.1. The zero-order valence-corrected chi connectivity index (χ0v) is 12.9. The average Bonchev–Trinajstić information content (AvgIpc) is 2.47. The monoisotopic (exact) mass is 294 g/mol. The Morgan fingerprint density at radius 3 is 2.71 bits per heavy atom. The van der Waals surface area contributed by atoms with Gasteiger partial charge in [-0.2, -0.15) is 0 Å². The summed E-state index contributed by atoms with van der Waals surface area (Å²) in [7, 11) is 1.54. The number of methoxy groups -OCH3 is 1. The molecule has 1 aliphatic rings. The summed E-state index contributed by atoms with van der Waals surface area (Å²) in [5.41, 5.74) is 0.850. The van der Waals surface area contributed by atoms with E-state index < -0.39 is 6.29 Å². The number of ether oxygens (including phenoxy) is 4. The van der Waals surface area contributed by atoms with Gasteiger partial charge < -0.3 is 18.9 Å². The van der Waals surface area contributed by atoms with Crippen LogP contribution in [0.5, 0.6) is 11.5 Å². The molecule has 5 nitrogen and oxygen atoms in total. The highest BCUT2D eigenvalue weighted by Gasteiger charge is 2.23. The maximum Gasteiger partial charge on any atom is 0.313 e. The van der Waals surface area contributed by atoms with Crippen molar-refractivity contribution in [3.8, 4) is 11.5 Å². The number of rotatable bonds is 4. The number of hydrogen-bond donors (Lipinski definition) is 0. The van der Waals surface area contributed by atoms with E-state index in [1.165, 1.54) is 7.11 Å². The van der Waals surface area contributed by atoms with Crippen LogP contribution >= 0.6 is 0 Å². The maximum atomic E-state index is 11.7. The van der Waals surface area contributed by atoms with Gasteiger partial charge in [-0.25, -0.2) is 0 Å². The summed E-state index contributed by atoms with van der Waals surface area (Å²) in [5.74, 6) is 0.413. The van der Waals surface area contributed by atoms with Crippen molar-refractivity contribution in [2.24, 2.45) is 5.92 Å². The molecule has 1 aromatic carbocycles. The fourth-order valence-corrected chi connectivity index (χ4v) is 1.98. The second kappa shape index (κ2) is 6.91. The molecular weight excluding hydrogens is 272 g/mol. The highest BCUT2D eigenvalue weighted by Crippen LogP contribution is 2.34. The van der Waals surface area contributed by atoms with E-state index in [9.17, 15) is 4.79 Å². The van der Waals surface area contributed by atoms with Gasteiger partial charge in [-0.15, -0.1) is 0 Å². The number of esters is 1. The summed E-state index contributed by atoms with van der Waals surface area (Å²) < 4.78 is 22.0. The van der Waals surface area contributed by atoms with Crippen LogP contribution in [0.4, 0.5) is 0 Å². The van der Waals surface area contributed by atoms with Gasteiger partial charge in [-0.05, 0) is 31.5 Å². The molecule has 5 heteroatoms. The lowest BCUT2D eigenvalue weighted by atomic mass is 10.1. The van der Waals surface area contributed by atoms with Crippen molar-refractivity contribution in [1.82, 2.24) is 0 Å². The summed E-state index contributed by atoms with van der Waals surface area (Å²) in [6.07, 6.45) is 0.642. The summed E-state index contributed by atoms with van der Waals surface area (Å²) in [5, 5.41) is 0. The van der Waals surface area contributed by atoms with E-state index in [-0.39, 0.29) is 18.0 Å². The molecule has 1 fully saturated rings. The summed E-state index contributed by atoms with van der Waals surface area (Å²) in [4.78, 5) is 11.7. The zero-order chi connectivity index (χ0) is 15.4. The number of carbonyl (C=O) groups excluding carboxylic acids is 1. The predicted molar refractivity (Wildman–Crippen MR) is 77.3 cm³/mol. The molecule has 1 saturated heterocycles. The van der Waals surface area contributed by atoms with Crippen LogP contribution in [0.25, 0.3) is 0 Å². The van der Waals surface area contributed by atoms with Crippen LogP contribution in [-0.2, 0) is 14.3 Å². The van der Waals surface area contributed by atoms with Crippen LogP contribution in [-0.4, -0.2) is 25.8 Å². The van der Waals surface area contributed by atoms with Crippen LogP contribution in [0.15, 0.2) is 18.2 Å². The van der Waals surface area contributed by atoms with Crippen molar-refractivity contribution in [1.29, 1.82) is 0 Å². The second-order valence-electron chi connectivity index (χ2n) is 5.42. The molecule has 116 valence electrons. The van der Waals surface area contributed by atoms with Gasteiger partial charge in [-0.3, -0.25) is 4.79 Å². The van der Waals surface area contributed by atoms with E-state index in [1.54, 1.807) is 26.0 Å². The van der Waals surface area contributed by atoms with Gasteiger partial charge >= 0.3 is 5.97 Å². The fourth-order valence-electron chi connectivity index (χ4n) is 1.98. The third-order valence-electron chi connectivity index (χ3n) is 3.29. The van der Waals surface area contributed by atoms with E-state index in [2.05, 4.69) is 0 Å². The van der Waals surface area contributed by atoms with Gasteiger partial charge in [0.05, 0.1) is 25.7 Å². The number of hydrogen-bond acceptors (Lipinski definition) is 5. The molecule has 0 spiro atoms. The van der Waals surface area contributed by atoms with E-state index in [0.717, 1.165) is 12.0 Å². The first kappa shape index (κ1) is 15.8. The molecule has 0 aromatic heterocycles. The first-order valence-electron chi connectivity index (χ1n) is 7.18.